The quantitative estimate of drug-likeness (QED) is 0.640. The molecule has 1 aromatic carbocycles. The fourth-order valence-corrected chi connectivity index (χ4v) is 1.01. The molecule has 0 aliphatic rings. The van der Waals surface area contributed by atoms with Gasteiger partial charge in [0.1, 0.15) is 5.52 Å². The highest BCUT2D eigenvalue weighted by molar-refractivity contribution is 5.76. The average molecular weight is 179 g/mol. The van der Waals surface area contributed by atoms with Crippen molar-refractivity contribution in [1.29, 1.82) is 0 Å². The summed E-state index contributed by atoms with van der Waals surface area (Å²) in [4.78, 5) is 0. The molecular weight excluding hydrogens is 166 g/mol. The Kier molecular flexibility index (Phi) is 3.40. The Labute approximate surface area is 76.6 Å². The van der Waals surface area contributed by atoms with Gasteiger partial charge in [0.2, 0.25) is 0 Å². The summed E-state index contributed by atoms with van der Waals surface area (Å²) in [5.74, 6) is 0. The van der Waals surface area contributed by atoms with Gasteiger partial charge in [0.25, 0.3) is 0 Å². The van der Waals surface area contributed by atoms with Crippen LogP contribution in [0.5, 0.6) is 0 Å². The molecule has 70 valence electrons. The normalized spacial score (nSPS) is 9.46. The van der Waals surface area contributed by atoms with Gasteiger partial charge >= 0.3 is 0 Å². The first kappa shape index (κ1) is 9.67. The summed E-state index contributed by atoms with van der Waals surface area (Å²) in [6.07, 6.45) is 0. The third kappa shape index (κ3) is 2.26. The molecule has 0 atom stereocenters. The van der Waals surface area contributed by atoms with E-state index in [-0.39, 0.29) is 6.61 Å². The van der Waals surface area contributed by atoms with E-state index in [0.29, 0.717) is 0 Å². The number of aromatic nitrogens is 3. The summed E-state index contributed by atoms with van der Waals surface area (Å²) < 4.78 is 0. The van der Waals surface area contributed by atoms with Crippen molar-refractivity contribution >= 4 is 11.0 Å². The predicted octanol–water partition coefficient (Wildman–Crippen LogP) is 1.26. The lowest BCUT2D eigenvalue weighted by molar-refractivity contribution is 0.318. The van der Waals surface area contributed by atoms with Crippen LogP contribution in [-0.4, -0.2) is 27.1 Å². The van der Waals surface area contributed by atoms with Crippen molar-refractivity contribution in [3.05, 3.63) is 23.8 Å². The lowest BCUT2D eigenvalue weighted by Crippen LogP contribution is -1.73. The molecule has 13 heavy (non-hydrogen) atoms. The van der Waals surface area contributed by atoms with Crippen molar-refractivity contribution in [3.63, 3.8) is 0 Å². The Morgan fingerprint density at radius 1 is 1.46 bits per heavy atom. The molecule has 4 nitrogen and oxygen atoms in total. The van der Waals surface area contributed by atoms with E-state index in [1.165, 1.54) is 0 Å². The number of hydrogen-bond acceptors (Lipinski definition) is 3. The maximum Gasteiger partial charge on any atom is 0.115 e. The van der Waals surface area contributed by atoms with E-state index in [9.17, 15) is 0 Å². The van der Waals surface area contributed by atoms with Gasteiger partial charge in [-0.05, 0) is 25.5 Å². The van der Waals surface area contributed by atoms with Gasteiger partial charge in [-0.3, -0.25) is 5.10 Å². The van der Waals surface area contributed by atoms with Crippen LogP contribution in [0.25, 0.3) is 11.0 Å². The smallest absolute Gasteiger partial charge is 0.115 e. The van der Waals surface area contributed by atoms with Gasteiger partial charge in [-0.1, -0.05) is 17.3 Å². The molecule has 0 saturated carbocycles. The molecule has 4 heteroatoms. The number of rotatable bonds is 0. The number of aliphatic hydroxyl groups excluding tert-OH is 1. The van der Waals surface area contributed by atoms with E-state index >= 15 is 0 Å². The van der Waals surface area contributed by atoms with Crippen LogP contribution < -0.4 is 0 Å². The summed E-state index contributed by atoms with van der Waals surface area (Å²) in [7, 11) is 0. The Morgan fingerprint density at radius 2 is 2.15 bits per heavy atom. The third-order valence-corrected chi connectivity index (χ3v) is 1.56. The Hall–Kier alpha value is -1.42. The van der Waals surface area contributed by atoms with Gasteiger partial charge in [-0.25, -0.2) is 0 Å². The third-order valence-electron chi connectivity index (χ3n) is 1.56. The van der Waals surface area contributed by atoms with Crippen LogP contribution in [0.3, 0.4) is 0 Å². The first-order chi connectivity index (χ1) is 6.29. The van der Waals surface area contributed by atoms with Gasteiger partial charge in [-0.15, -0.1) is 5.10 Å². The maximum absolute atomic E-state index is 7.57. The lowest BCUT2D eigenvalue weighted by Gasteiger charge is -1.88. The minimum atomic E-state index is 0.250. The molecule has 0 aliphatic heterocycles. The summed E-state index contributed by atoms with van der Waals surface area (Å²) in [5, 5.41) is 18.0. The zero-order valence-electron chi connectivity index (χ0n) is 7.78. The molecule has 0 spiro atoms. The topological polar surface area (TPSA) is 61.8 Å². The summed E-state index contributed by atoms with van der Waals surface area (Å²) in [5.41, 5.74) is 3.12. The minimum Gasteiger partial charge on any atom is -0.397 e. The van der Waals surface area contributed by atoms with Gasteiger partial charge in [0, 0.05) is 6.61 Å². The van der Waals surface area contributed by atoms with E-state index in [1.54, 1.807) is 6.92 Å². The Morgan fingerprint density at radius 3 is 2.77 bits per heavy atom. The second-order valence-corrected chi connectivity index (χ2v) is 2.60. The molecule has 0 bridgehead atoms. The zero-order chi connectivity index (χ0) is 9.68. The van der Waals surface area contributed by atoms with Crippen LogP contribution in [0.15, 0.2) is 18.2 Å². The van der Waals surface area contributed by atoms with E-state index in [2.05, 4.69) is 15.4 Å². The minimum absolute atomic E-state index is 0.250. The number of aliphatic hydroxyl groups is 1. The molecule has 0 radical (unpaired) electrons. The number of hydrogen-bond donors (Lipinski definition) is 2. The molecule has 0 saturated heterocycles. The number of aryl methyl sites for hydroxylation is 1. The molecular formula is C9H13N3O. The molecule has 0 unspecified atom stereocenters. The number of benzene rings is 1. The lowest BCUT2D eigenvalue weighted by atomic mass is 10.2. The monoisotopic (exact) mass is 179 g/mol. The van der Waals surface area contributed by atoms with Gasteiger partial charge in [0.15, 0.2) is 0 Å². The standard InChI is InChI=1S/C7H7N3.C2H6O/c1-5-3-2-4-6-7(5)9-10-8-6;1-2-3/h2-4H,1H3,(H,8,9,10);3H,2H2,1H3. The largest absolute Gasteiger partial charge is 0.397 e. The molecule has 0 fully saturated rings. The van der Waals surface area contributed by atoms with Crippen LogP contribution in [-0.2, 0) is 0 Å². The van der Waals surface area contributed by atoms with Gasteiger partial charge < -0.3 is 5.11 Å². The fourth-order valence-electron chi connectivity index (χ4n) is 1.01. The highest BCUT2D eigenvalue weighted by Crippen LogP contribution is 2.10. The Balaban J connectivity index is 0.000000251. The first-order valence-electron chi connectivity index (χ1n) is 4.16. The van der Waals surface area contributed by atoms with Gasteiger partial charge in [-0.2, -0.15) is 0 Å². The van der Waals surface area contributed by atoms with Crippen molar-refractivity contribution < 1.29 is 5.11 Å². The molecule has 2 rings (SSSR count). The van der Waals surface area contributed by atoms with E-state index in [4.69, 9.17) is 5.11 Å². The second-order valence-electron chi connectivity index (χ2n) is 2.60. The molecule has 1 aromatic heterocycles. The van der Waals surface area contributed by atoms with Crippen LogP contribution in [0, 0.1) is 6.92 Å². The van der Waals surface area contributed by atoms with E-state index < -0.39 is 0 Å². The highest BCUT2D eigenvalue weighted by atomic mass is 16.2. The van der Waals surface area contributed by atoms with E-state index in [0.717, 1.165) is 16.6 Å². The van der Waals surface area contributed by atoms with E-state index in [1.807, 2.05) is 25.1 Å². The Bertz CT molecular complexity index is 370. The van der Waals surface area contributed by atoms with Crippen molar-refractivity contribution in [3.8, 4) is 0 Å². The zero-order valence-corrected chi connectivity index (χ0v) is 7.78. The molecule has 1 heterocycles. The fraction of sp³-hybridized carbons (Fsp3) is 0.333. The molecule has 0 amide bonds. The number of nitrogens with zero attached hydrogens (tertiary/aromatic N) is 2. The van der Waals surface area contributed by atoms with Crippen LogP contribution in [0.1, 0.15) is 12.5 Å². The van der Waals surface area contributed by atoms with Crippen molar-refractivity contribution in [2.24, 2.45) is 0 Å². The second kappa shape index (κ2) is 4.57. The van der Waals surface area contributed by atoms with Crippen LogP contribution in [0.4, 0.5) is 0 Å². The maximum atomic E-state index is 7.57. The average Bonchev–Trinajstić information content (AvgIpc) is 2.54. The number of H-pyrrole nitrogens is 1. The summed E-state index contributed by atoms with van der Waals surface area (Å²) >= 11 is 0. The number of nitrogens with one attached hydrogen (secondary N) is 1. The molecule has 2 N–H and O–H groups in total. The van der Waals surface area contributed by atoms with Crippen LogP contribution in [0.2, 0.25) is 0 Å². The van der Waals surface area contributed by atoms with Crippen molar-refractivity contribution in [2.45, 2.75) is 13.8 Å². The summed E-state index contributed by atoms with van der Waals surface area (Å²) in [6.45, 7) is 3.95. The predicted molar refractivity (Wildman–Crippen MR) is 51.4 cm³/mol. The number of fused-ring (bicyclic) bond motifs is 1. The first-order valence-corrected chi connectivity index (χ1v) is 4.16. The molecule has 0 aliphatic carbocycles. The van der Waals surface area contributed by atoms with Crippen molar-refractivity contribution in [2.75, 3.05) is 6.61 Å². The number of aromatic amines is 1. The van der Waals surface area contributed by atoms with Crippen molar-refractivity contribution in [1.82, 2.24) is 15.4 Å². The van der Waals surface area contributed by atoms with Crippen LogP contribution >= 0.6 is 0 Å². The summed E-state index contributed by atoms with van der Waals surface area (Å²) in [6, 6.07) is 5.96. The van der Waals surface area contributed by atoms with Gasteiger partial charge in [0.05, 0.1) is 5.52 Å². The molecule has 2 aromatic rings. The highest BCUT2D eigenvalue weighted by Gasteiger charge is 1.96. The SMILES string of the molecule is CCO.Cc1cccc2[nH]nnc12.